The Morgan fingerprint density at radius 2 is 2.00 bits per heavy atom. The van der Waals surface area contributed by atoms with E-state index in [1.54, 1.807) is 18.2 Å². The molecule has 2 aromatic rings. The van der Waals surface area contributed by atoms with Crippen molar-refractivity contribution >= 4 is 27.3 Å². The first-order chi connectivity index (χ1) is 13.3. The molecular weight excluding hydrogens is 385 g/mol. The van der Waals surface area contributed by atoms with Crippen molar-refractivity contribution in [1.82, 2.24) is 10.2 Å². The number of nitrogens with one attached hydrogen (secondary N) is 1. The van der Waals surface area contributed by atoms with Crippen LogP contribution in [0, 0.1) is 5.92 Å². The Morgan fingerprint density at radius 3 is 2.68 bits per heavy atom. The molecule has 7 heteroatoms. The van der Waals surface area contributed by atoms with Gasteiger partial charge in [0.15, 0.2) is 0 Å². The van der Waals surface area contributed by atoms with Gasteiger partial charge in [0.05, 0.1) is 16.3 Å². The SMILES string of the molecule is O=C(N[C@@H]1C2CCN(C2)C12CC2)c1cc2cccc(C3(C(F)(F)F)CC3)c2s1. The number of carbonyl (C=O) groups is 1. The minimum absolute atomic E-state index is 0.131. The molecule has 2 bridgehead atoms. The van der Waals surface area contributed by atoms with Crippen LogP contribution in [0.5, 0.6) is 0 Å². The van der Waals surface area contributed by atoms with Gasteiger partial charge in [-0.25, -0.2) is 0 Å². The number of amides is 1. The Kier molecular flexibility index (Phi) is 3.27. The molecule has 6 rings (SSSR count). The van der Waals surface area contributed by atoms with Crippen molar-refractivity contribution in [3.8, 4) is 0 Å². The lowest BCUT2D eigenvalue weighted by Crippen LogP contribution is -2.51. The van der Waals surface area contributed by atoms with Gasteiger partial charge in [-0.3, -0.25) is 9.69 Å². The molecular formula is C21H21F3N2OS. The van der Waals surface area contributed by atoms with E-state index in [4.69, 9.17) is 0 Å². The third kappa shape index (κ3) is 2.17. The summed E-state index contributed by atoms with van der Waals surface area (Å²) in [5.74, 6) is 0.380. The van der Waals surface area contributed by atoms with E-state index < -0.39 is 11.6 Å². The lowest BCUT2D eigenvalue weighted by atomic mass is 9.92. The van der Waals surface area contributed by atoms with Crippen LogP contribution in [-0.4, -0.2) is 41.7 Å². The fourth-order valence-electron chi connectivity index (χ4n) is 5.70. The van der Waals surface area contributed by atoms with Crippen molar-refractivity contribution in [1.29, 1.82) is 0 Å². The van der Waals surface area contributed by atoms with Crippen molar-refractivity contribution in [3.05, 3.63) is 34.7 Å². The third-order valence-electron chi connectivity index (χ3n) is 7.53. The molecule has 2 saturated heterocycles. The van der Waals surface area contributed by atoms with E-state index >= 15 is 0 Å². The quantitative estimate of drug-likeness (QED) is 0.816. The second-order valence-electron chi connectivity index (χ2n) is 8.96. The van der Waals surface area contributed by atoms with Gasteiger partial charge in [0.2, 0.25) is 0 Å². The predicted octanol–water partition coefficient (Wildman–Crippen LogP) is 4.46. The summed E-state index contributed by atoms with van der Waals surface area (Å²) in [6.45, 7) is 2.19. The van der Waals surface area contributed by atoms with Gasteiger partial charge >= 0.3 is 6.18 Å². The molecule has 2 aliphatic heterocycles. The van der Waals surface area contributed by atoms with E-state index in [0.717, 1.165) is 37.7 Å². The number of nitrogens with zero attached hydrogens (tertiary/aromatic N) is 1. The first-order valence-corrected chi connectivity index (χ1v) is 10.8. The van der Waals surface area contributed by atoms with Gasteiger partial charge in [0, 0.05) is 16.8 Å². The molecule has 3 nitrogen and oxygen atoms in total. The molecule has 3 heterocycles. The predicted molar refractivity (Wildman–Crippen MR) is 102 cm³/mol. The smallest absolute Gasteiger partial charge is 0.346 e. The maximum absolute atomic E-state index is 13.6. The lowest BCUT2D eigenvalue weighted by Gasteiger charge is -2.33. The third-order valence-corrected chi connectivity index (χ3v) is 8.71. The second kappa shape index (κ2) is 5.30. The minimum Gasteiger partial charge on any atom is -0.346 e. The number of alkyl halides is 3. The summed E-state index contributed by atoms with van der Waals surface area (Å²) in [4.78, 5) is 16.0. The van der Waals surface area contributed by atoms with E-state index in [-0.39, 0.29) is 30.3 Å². The normalized spacial score (nSPS) is 31.5. The van der Waals surface area contributed by atoms with E-state index in [9.17, 15) is 18.0 Å². The first kappa shape index (κ1) is 17.3. The molecule has 2 unspecified atom stereocenters. The fourth-order valence-corrected chi connectivity index (χ4v) is 6.88. The molecule has 4 aliphatic rings. The average molecular weight is 406 g/mol. The Hall–Kier alpha value is -1.60. The molecule has 28 heavy (non-hydrogen) atoms. The number of thiophene rings is 1. The van der Waals surface area contributed by atoms with E-state index in [1.165, 1.54) is 11.3 Å². The summed E-state index contributed by atoms with van der Waals surface area (Å²) >= 11 is 1.21. The van der Waals surface area contributed by atoms with Crippen LogP contribution in [0.4, 0.5) is 13.2 Å². The molecule has 1 amide bonds. The van der Waals surface area contributed by atoms with Crippen molar-refractivity contribution in [2.45, 2.75) is 55.3 Å². The van der Waals surface area contributed by atoms with Gasteiger partial charge in [-0.1, -0.05) is 18.2 Å². The summed E-state index contributed by atoms with van der Waals surface area (Å²) in [6, 6.07) is 7.02. The molecule has 4 fully saturated rings. The molecule has 1 aromatic carbocycles. The standard InChI is InChI=1S/C21H21F3N2OS/c22-21(23,24)19(5-6-19)14-3-1-2-12-10-15(28-16(12)14)18(27)25-17-13-4-9-26(11-13)20(17)7-8-20/h1-3,10,13,17H,4-9,11H2,(H,25,27)/t13?,17-/m1/s1. The number of benzene rings is 1. The number of hydrogen-bond acceptors (Lipinski definition) is 3. The van der Waals surface area contributed by atoms with Crippen LogP contribution in [-0.2, 0) is 5.41 Å². The highest BCUT2D eigenvalue weighted by molar-refractivity contribution is 7.21. The van der Waals surface area contributed by atoms with Crippen molar-refractivity contribution in [3.63, 3.8) is 0 Å². The zero-order chi connectivity index (χ0) is 19.3. The zero-order valence-corrected chi connectivity index (χ0v) is 16.1. The van der Waals surface area contributed by atoms with Gasteiger partial charge in [0.25, 0.3) is 5.91 Å². The second-order valence-corrected chi connectivity index (χ2v) is 10.0. The summed E-state index contributed by atoms with van der Waals surface area (Å²) in [5, 5.41) is 3.99. The lowest BCUT2D eigenvalue weighted by molar-refractivity contribution is -0.160. The van der Waals surface area contributed by atoms with E-state index in [1.807, 2.05) is 6.07 Å². The van der Waals surface area contributed by atoms with Crippen LogP contribution in [0.15, 0.2) is 24.3 Å². The molecule has 1 spiro atoms. The summed E-state index contributed by atoms with van der Waals surface area (Å²) in [5.41, 5.74) is -1.22. The molecule has 0 radical (unpaired) electrons. The molecule has 2 saturated carbocycles. The highest BCUT2D eigenvalue weighted by atomic mass is 32.1. The monoisotopic (exact) mass is 406 g/mol. The number of piperidine rings is 1. The first-order valence-electron chi connectivity index (χ1n) is 10.00. The van der Waals surface area contributed by atoms with Crippen molar-refractivity contribution in [2.24, 2.45) is 5.92 Å². The van der Waals surface area contributed by atoms with Gasteiger partial charge in [-0.2, -0.15) is 13.2 Å². The van der Waals surface area contributed by atoms with Gasteiger partial charge in [0.1, 0.15) is 0 Å². The van der Waals surface area contributed by atoms with Crippen LogP contribution < -0.4 is 5.32 Å². The fraction of sp³-hybridized carbons (Fsp3) is 0.571. The maximum atomic E-state index is 13.6. The molecule has 148 valence electrons. The van der Waals surface area contributed by atoms with Crippen LogP contribution in [0.2, 0.25) is 0 Å². The van der Waals surface area contributed by atoms with Crippen molar-refractivity contribution < 1.29 is 18.0 Å². The van der Waals surface area contributed by atoms with Crippen LogP contribution >= 0.6 is 11.3 Å². The Bertz CT molecular complexity index is 989. The number of carbonyl (C=O) groups excluding carboxylic acids is 1. The summed E-state index contributed by atoms with van der Waals surface area (Å²) < 4.78 is 41.5. The highest BCUT2D eigenvalue weighted by Crippen LogP contribution is 2.61. The van der Waals surface area contributed by atoms with Crippen LogP contribution in [0.1, 0.15) is 47.3 Å². The van der Waals surface area contributed by atoms with E-state index in [0.29, 0.717) is 21.1 Å². The largest absolute Gasteiger partial charge is 0.398 e. The Morgan fingerprint density at radius 1 is 1.21 bits per heavy atom. The maximum Gasteiger partial charge on any atom is 0.398 e. The topological polar surface area (TPSA) is 32.3 Å². The minimum atomic E-state index is -4.25. The number of rotatable bonds is 3. The van der Waals surface area contributed by atoms with Gasteiger partial charge in [-0.05, 0) is 61.6 Å². The summed E-state index contributed by atoms with van der Waals surface area (Å²) in [6.07, 6.45) is -0.576. The number of halogens is 3. The van der Waals surface area contributed by atoms with Crippen molar-refractivity contribution in [2.75, 3.05) is 13.1 Å². The molecule has 3 atom stereocenters. The zero-order valence-electron chi connectivity index (χ0n) is 15.3. The highest BCUT2D eigenvalue weighted by Gasteiger charge is 2.65. The van der Waals surface area contributed by atoms with Gasteiger partial charge < -0.3 is 5.32 Å². The van der Waals surface area contributed by atoms with Crippen LogP contribution in [0.25, 0.3) is 10.1 Å². The van der Waals surface area contributed by atoms with Crippen LogP contribution in [0.3, 0.4) is 0 Å². The molecule has 1 aromatic heterocycles. The Labute approximate surface area is 164 Å². The number of fused-ring (bicyclic) bond motifs is 4. The van der Waals surface area contributed by atoms with Gasteiger partial charge in [-0.15, -0.1) is 11.3 Å². The summed E-state index contributed by atoms with van der Waals surface area (Å²) in [7, 11) is 0. The Balaban J connectivity index is 1.32. The average Bonchev–Trinajstić information content (AvgIpc) is 3.50. The molecule has 2 aliphatic carbocycles. The molecule has 1 N–H and O–H groups in total. The number of hydrogen-bond donors (Lipinski definition) is 1. The van der Waals surface area contributed by atoms with E-state index in [2.05, 4.69) is 10.2 Å².